The van der Waals surface area contributed by atoms with Gasteiger partial charge in [-0.05, 0) is 12.1 Å². The molecule has 0 radical (unpaired) electrons. The van der Waals surface area contributed by atoms with E-state index in [1.165, 1.54) is 0 Å². The Morgan fingerprint density at radius 3 is 1.55 bits per heavy atom. The summed E-state index contributed by atoms with van der Waals surface area (Å²) in [6, 6.07) is 15.6. The van der Waals surface area contributed by atoms with Crippen molar-refractivity contribution >= 4 is 11.8 Å². The Labute approximate surface area is 171 Å². The number of ketones is 1. The minimum absolute atomic E-state index is 0.102. The smallest absolute Gasteiger partial charge is 0.300 e. The van der Waals surface area contributed by atoms with E-state index in [0.29, 0.717) is 0 Å². The monoisotopic (exact) mass is 399 g/mol. The molecule has 1 heterocycles. The summed E-state index contributed by atoms with van der Waals surface area (Å²) in [5, 5.41) is 11.1. The molecular formula is C23H29NO5. The van der Waals surface area contributed by atoms with Gasteiger partial charge in [-0.1, -0.05) is 50.2 Å². The number of carboxylic acid groups (broad SMARTS) is 1. The van der Waals surface area contributed by atoms with Crippen LogP contribution in [-0.4, -0.2) is 31.1 Å². The Morgan fingerprint density at radius 2 is 1.21 bits per heavy atom. The fourth-order valence-corrected chi connectivity index (χ4v) is 3.79. The normalized spacial score (nSPS) is 23.6. The highest BCUT2D eigenvalue weighted by atomic mass is 16.5. The highest BCUT2D eigenvalue weighted by molar-refractivity contribution is 5.85. The standard InChI is InChI=1S/C21H25NO3.C2H4O2/c1-13-19(15-9-5-7-11-17(15)24-3)22-20(14(2)21(13)23)16-10-6-8-12-18(16)25-4;1-2(3)4/h5-14,19-20,22H,1-4H3;1H3,(H,3,4)/t13-,14+,19+,20-;. The fraction of sp³-hybridized carbons (Fsp3) is 0.391. The van der Waals surface area contributed by atoms with Crippen LogP contribution in [0.25, 0.3) is 0 Å². The molecule has 0 aromatic heterocycles. The molecule has 4 atom stereocenters. The average Bonchev–Trinajstić information content (AvgIpc) is 2.72. The van der Waals surface area contributed by atoms with E-state index >= 15 is 0 Å². The Balaban J connectivity index is 0.000000687. The third-order valence-corrected chi connectivity index (χ3v) is 5.20. The molecule has 1 aliphatic heterocycles. The van der Waals surface area contributed by atoms with Crippen LogP contribution < -0.4 is 14.8 Å². The highest BCUT2D eigenvalue weighted by Crippen LogP contribution is 2.42. The van der Waals surface area contributed by atoms with E-state index < -0.39 is 5.97 Å². The van der Waals surface area contributed by atoms with Crippen LogP contribution in [0.2, 0.25) is 0 Å². The number of benzene rings is 2. The van der Waals surface area contributed by atoms with Gasteiger partial charge in [-0.15, -0.1) is 0 Å². The maximum absolute atomic E-state index is 13.0. The molecule has 29 heavy (non-hydrogen) atoms. The maximum atomic E-state index is 13.0. The number of ether oxygens (including phenoxy) is 2. The average molecular weight is 399 g/mol. The number of hydrogen-bond donors (Lipinski definition) is 2. The predicted octanol–water partition coefficient (Wildman–Crippen LogP) is 4.02. The molecule has 2 aromatic rings. The van der Waals surface area contributed by atoms with Crippen molar-refractivity contribution in [3.05, 3.63) is 59.7 Å². The second kappa shape index (κ2) is 10.1. The van der Waals surface area contributed by atoms with Gasteiger partial charge < -0.3 is 19.9 Å². The number of piperidine rings is 1. The molecule has 0 aliphatic carbocycles. The van der Waals surface area contributed by atoms with Gasteiger partial charge in [0.25, 0.3) is 5.97 Å². The third kappa shape index (κ3) is 5.15. The van der Waals surface area contributed by atoms with Gasteiger partial charge in [-0.3, -0.25) is 9.59 Å². The molecule has 0 unspecified atom stereocenters. The lowest BCUT2D eigenvalue weighted by Crippen LogP contribution is -2.46. The summed E-state index contributed by atoms with van der Waals surface area (Å²) >= 11 is 0. The lowest BCUT2D eigenvalue weighted by molar-refractivity contribution is -0.134. The number of aliphatic carboxylic acids is 1. The van der Waals surface area contributed by atoms with Gasteiger partial charge in [0, 0.05) is 42.0 Å². The van der Waals surface area contributed by atoms with Crippen molar-refractivity contribution in [3.63, 3.8) is 0 Å². The van der Waals surface area contributed by atoms with Gasteiger partial charge in [0.1, 0.15) is 17.3 Å². The van der Waals surface area contributed by atoms with Gasteiger partial charge >= 0.3 is 0 Å². The van der Waals surface area contributed by atoms with Crippen LogP contribution in [0.1, 0.15) is 44.0 Å². The molecule has 0 spiro atoms. The minimum Gasteiger partial charge on any atom is -0.496 e. The maximum Gasteiger partial charge on any atom is 0.300 e. The summed E-state index contributed by atoms with van der Waals surface area (Å²) < 4.78 is 11.0. The molecule has 156 valence electrons. The Hall–Kier alpha value is -2.86. The van der Waals surface area contributed by atoms with Crippen molar-refractivity contribution in [1.29, 1.82) is 0 Å². The zero-order valence-corrected chi connectivity index (χ0v) is 17.5. The summed E-state index contributed by atoms with van der Waals surface area (Å²) in [5.41, 5.74) is 2.02. The zero-order chi connectivity index (χ0) is 21.6. The number of carbonyl (C=O) groups excluding carboxylic acids is 1. The number of para-hydroxylation sites is 2. The molecular weight excluding hydrogens is 370 g/mol. The summed E-state index contributed by atoms with van der Waals surface area (Å²) in [7, 11) is 3.32. The van der Waals surface area contributed by atoms with E-state index in [4.69, 9.17) is 19.4 Å². The zero-order valence-electron chi connectivity index (χ0n) is 17.5. The van der Waals surface area contributed by atoms with Crippen LogP contribution in [0.5, 0.6) is 11.5 Å². The summed E-state index contributed by atoms with van der Waals surface area (Å²) in [6.45, 7) is 5.06. The molecule has 1 saturated heterocycles. The molecule has 3 rings (SSSR count). The van der Waals surface area contributed by atoms with Crippen LogP contribution in [0.15, 0.2) is 48.5 Å². The molecule has 1 fully saturated rings. The number of carboxylic acids is 1. The molecule has 6 nitrogen and oxygen atoms in total. The molecule has 0 bridgehead atoms. The molecule has 0 saturated carbocycles. The molecule has 2 aromatic carbocycles. The van der Waals surface area contributed by atoms with Crippen LogP contribution in [0, 0.1) is 11.8 Å². The van der Waals surface area contributed by atoms with Crippen molar-refractivity contribution in [3.8, 4) is 11.5 Å². The first-order valence-corrected chi connectivity index (χ1v) is 9.56. The minimum atomic E-state index is -0.833. The van der Waals surface area contributed by atoms with Crippen LogP contribution in [0.4, 0.5) is 0 Å². The molecule has 6 heteroatoms. The first-order valence-electron chi connectivity index (χ1n) is 9.56. The number of hydrogen-bond acceptors (Lipinski definition) is 5. The summed E-state index contributed by atoms with van der Waals surface area (Å²) in [6.07, 6.45) is 0. The second-order valence-electron chi connectivity index (χ2n) is 7.10. The Morgan fingerprint density at radius 1 is 0.862 bits per heavy atom. The topological polar surface area (TPSA) is 84.9 Å². The number of nitrogens with one attached hydrogen (secondary N) is 1. The molecule has 2 N–H and O–H groups in total. The van der Waals surface area contributed by atoms with Crippen molar-refractivity contribution in [1.82, 2.24) is 5.32 Å². The SMILES string of the molecule is CC(=O)O.COc1ccccc1[C@H]1N[C@@H](c2ccccc2OC)[C@H](C)C(=O)[C@@H]1C. The van der Waals surface area contributed by atoms with E-state index in [2.05, 4.69) is 5.32 Å². The van der Waals surface area contributed by atoms with Gasteiger partial charge in [-0.25, -0.2) is 0 Å². The number of Topliss-reactive ketones (excluding diaryl/α,β-unsaturated/α-hetero) is 1. The lowest BCUT2D eigenvalue weighted by Gasteiger charge is -2.40. The predicted molar refractivity (Wildman–Crippen MR) is 111 cm³/mol. The molecule has 0 amide bonds. The van der Waals surface area contributed by atoms with Gasteiger partial charge in [0.2, 0.25) is 0 Å². The largest absolute Gasteiger partial charge is 0.496 e. The third-order valence-electron chi connectivity index (χ3n) is 5.20. The fourth-order valence-electron chi connectivity index (χ4n) is 3.79. The molecule has 1 aliphatic rings. The van der Waals surface area contributed by atoms with E-state index in [9.17, 15) is 4.79 Å². The van der Waals surface area contributed by atoms with Crippen molar-refractivity contribution < 1.29 is 24.2 Å². The van der Waals surface area contributed by atoms with Gasteiger partial charge in [0.15, 0.2) is 0 Å². The Bertz CT molecular complexity index is 785. The second-order valence-corrected chi connectivity index (χ2v) is 7.10. The van der Waals surface area contributed by atoms with Crippen LogP contribution in [-0.2, 0) is 9.59 Å². The van der Waals surface area contributed by atoms with Crippen molar-refractivity contribution in [2.45, 2.75) is 32.9 Å². The van der Waals surface area contributed by atoms with Gasteiger partial charge in [-0.2, -0.15) is 0 Å². The quantitative estimate of drug-likeness (QED) is 0.808. The highest BCUT2D eigenvalue weighted by Gasteiger charge is 2.41. The summed E-state index contributed by atoms with van der Waals surface area (Å²) in [4.78, 5) is 22.0. The van der Waals surface area contributed by atoms with Crippen LogP contribution in [0.3, 0.4) is 0 Å². The van der Waals surface area contributed by atoms with E-state index in [1.54, 1.807) is 14.2 Å². The lowest BCUT2D eigenvalue weighted by atomic mass is 9.76. The first-order chi connectivity index (χ1) is 13.8. The van der Waals surface area contributed by atoms with E-state index in [0.717, 1.165) is 29.5 Å². The van der Waals surface area contributed by atoms with Crippen molar-refractivity contribution in [2.75, 3.05) is 14.2 Å². The van der Waals surface area contributed by atoms with Gasteiger partial charge in [0.05, 0.1) is 14.2 Å². The van der Waals surface area contributed by atoms with Crippen molar-refractivity contribution in [2.24, 2.45) is 11.8 Å². The van der Waals surface area contributed by atoms with E-state index in [1.807, 2.05) is 62.4 Å². The number of carbonyl (C=O) groups is 2. The Kier molecular flexibility index (Phi) is 7.79. The number of methoxy groups -OCH3 is 2. The van der Waals surface area contributed by atoms with Crippen LogP contribution >= 0.6 is 0 Å². The number of rotatable bonds is 4. The van der Waals surface area contributed by atoms with E-state index in [-0.39, 0.29) is 29.7 Å². The summed E-state index contributed by atoms with van der Waals surface area (Å²) in [5.74, 6) is 0.765. The first kappa shape index (κ1) is 22.4.